The molecule has 9 heavy (non-hydrogen) atoms. The van der Waals surface area contributed by atoms with Crippen LogP contribution in [0.3, 0.4) is 0 Å². The molecule has 0 amide bonds. The van der Waals surface area contributed by atoms with E-state index < -0.39 is 0 Å². The summed E-state index contributed by atoms with van der Waals surface area (Å²) >= 11 is 4.95. The Kier molecular flexibility index (Phi) is 2.63. The van der Waals surface area contributed by atoms with Gasteiger partial charge in [0.1, 0.15) is 4.60 Å². The van der Waals surface area contributed by atoms with Crippen LogP contribution >= 0.6 is 27.3 Å². The largest absolute Gasteiger partial charge is 0.330 e. The van der Waals surface area contributed by atoms with E-state index in [4.69, 9.17) is 5.73 Å². The van der Waals surface area contributed by atoms with Crippen molar-refractivity contribution < 1.29 is 0 Å². The summed E-state index contributed by atoms with van der Waals surface area (Å²) in [4.78, 5) is 5.25. The van der Waals surface area contributed by atoms with Crippen molar-refractivity contribution in [2.75, 3.05) is 6.54 Å². The van der Waals surface area contributed by atoms with E-state index in [9.17, 15) is 0 Å². The van der Waals surface area contributed by atoms with Gasteiger partial charge in [-0.1, -0.05) is 0 Å². The van der Waals surface area contributed by atoms with Crippen LogP contribution in [0.15, 0.2) is 10.1 Å². The predicted octanol–water partition coefficient (Wildman–Crippen LogP) is 1.41. The number of nitrogens with two attached hydrogens (primary N) is 1. The molecule has 0 saturated carbocycles. The van der Waals surface area contributed by atoms with Gasteiger partial charge >= 0.3 is 0 Å². The van der Waals surface area contributed by atoms with Crippen LogP contribution in [0.1, 0.15) is 4.88 Å². The van der Waals surface area contributed by atoms with Gasteiger partial charge in [0.25, 0.3) is 0 Å². The molecule has 0 spiro atoms. The molecule has 1 aromatic rings. The van der Waals surface area contributed by atoms with Crippen molar-refractivity contribution in [1.29, 1.82) is 0 Å². The second kappa shape index (κ2) is 3.29. The van der Waals surface area contributed by atoms with Gasteiger partial charge < -0.3 is 5.73 Å². The van der Waals surface area contributed by atoms with Gasteiger partial charge in [0.15, 0.2) is 0 Å². The van der Waals surface area contributed by atoms with Gasteiger partial charge in [-0.05, 0) is 28.9 Å². The zero-order chi connectivity index (χ0) is 6.69. The lowest BCUT2D eigenvalue weighted by Gasteiger charge is -1.89. The molecule has 1 heterocycles. The van der Waals surface area contributed by atoms with Crippen LogP contribution in [0.5, 0.6) is 0 Å². The molecule has 1 rings (SSSR count). The van der Waals surface area contributed by atoms with Crippen molar-refractivity contribution in [2.45, 2.75) is 6.42 Å². The van der Waals surface area contributed by atoms with E-state index in [1.807, 2.05) is 5.51 Å². The van der Waals surface area contributed by atoms with Gasteiger partial charge in [0.2, 0.25) is 0 Å². The summed E-state index contributed by atoms with van der Waals surface area (Å²) in [6.45, 7) is 0.695. The molecule has 50 valence electrons. The SMILES string of the molecule is NCCc1scnc1Br. The highest BCUT2D eigenvalue weighted by atomic mass is 79.9. The van der Waals surface area contributed by atoms with Crippen LogP contribution in [0.2, 0.25) is 0 Å². The maximum absolute atomic E-state index is 5.35. The van der Waals surface area contributed by atoms with Crippen LogP contribution in [0.4, 0.5) is 0 Å². The van der Waals surface area contributed by atoms with Gasteiger partial charge in [0, 0.05) is 4.88 Å². The molecule has 0 aliphatic heterocycles. The number of halogens is 1. The second-order valence-corrected chi connectivity index (χ2v) is 3.30. The zero-order valence-electron chi connectivity index (χ0n) is 4.80. The average Bonchev–Trinajstić information content (AvgIpc) is 2.18. The van der Waals surface area contributed by atoms with Crippen molar-refractivity contribution in [2.24, 2.45) is 5.73 Å². The Bertz CT molecular complexity index is 187. The summed E-state index contributed by atoms with van der Waals surface area (Å²) in [7, 11) is 0. The molecule has 0 bridgehead atoms. The first-order valence-electron chi connectivity index (χ1n) is 2.62. The fourth-order valence-electron chi connectivity index (χ4n) is 0.550. The van der Waals surface area contributed by atoms with Crippen molar-refractivity contribution >= 4 is 27.3 Å². The Labute approximate surface area is 66.2 Å². The molecule has 0 saturated heterocycles. The molecule has 0 fully saturated rings. The predicted molar refractivity (Wildman–Crippen MR) is 42.6 cm³/mol. The Morgan fingerprint density at radius 2 is 2.56 bits per heavy atom. The van der Waals surface area contributed by atoms with Gasteiger partial charge in [-0.25, -0.2) is 4.98 Å². The minimum absolute atomic E-state index is 0.695. The topological polar surface area (TPSA) is 38.9 Å². The number of thiazole rings is 1. The number of nitrogens with zero attached hydrogens (tertiary/aromatic N) is 1. The Morgan fingerprint density at radius 3 is 3.00 bits per heavy atom. The molecule has 0 radical (unpaired) electrons. The van der Waals surface area contributed by atoms with Crippen molar-refractivity contribution in [3.05, 3.63) is 15.0 Å². The van der Waals surface area contributed by atoms with E-state index in [0.29, 0.717) is 6.54 Å². The van der Waals surface area contributed by atoms with Crippen molar-refractivity contribution in [3.63, 3.8) is 0 Å². The van der Waals surface area contributed by atoms with Crippen molar-refractivity contribution in [3.8, 4) is 0 Å². The van der Waals surface area contributed by atoms with Crippen LogP contribution in [-0.2, 0) is 6.42 Å². The fraction of sp³-hybridized carbons (Fsp3) is 0.400. The summed E-state index contributed by atoms with van der Waals surface area (Å²) in [6.07, 6.45) is 0.922. The quantitative estimate of drug-likeness (QED) is 0.796. The van der Waals surface area contributed by atoms with Gasteiger partial charge in [-0.2, -0.15) is 0 Å². The molecular formula is C5H7BrN2S. The zero-order valence-corrected chi connectivity index (χ0v) is 7.20. The molecule has 2 N–H and O–H groups in total. The summed E-state index contributed by atoms with van der Waals surface area (Å²) in [5.41, 5.74) is 7.16. The van der Waals surface area contributed by atoms with Crippen LogP contribution in [-0.4, -0.2) is 11.5 Å². The lowest BCUT2D eigenvalue weighted by atomic mass is 10.4. The first-order valence-corrected chi connectivity index (χ1v) is 4.30. The molecule has 0 aliphatic rings. The molecule has 0 aromatic carbocycles. The third-order valence-electron chi connectivity index (χ3n) is 0.963. The first kappa shape index (κ1) is 7.18. The molecule has 0 atom stereocenters. The van der Waals surface area contributed by atoms with Gasteiger partial charge in [0.05, 0.1) is 5.51 Å². The third-order valence-corrected chi connectivity index (χ3v) is 2.80. The van der Waals surface area contributed by atoms with Crippen LogP contribution < -0.4 is 5.73 Å². The molecular weight excluding hydrogens is 200 g/mol. The summed E-state index contributed by atoms with van der Waals surface area (Å²) in [5.74, 6) is 0. The minimum Gasteiger partial charge on any atom is -0.330 e. The third kappa shape index (κ3) is 1.74. The number of aromatic nitrogens is 1. The Morgan fingerprint density at radius 1 is 1.78 bits per heavy atom. The summed E-state index contributed by atoms with van der Waals surface area (Å²) in [6, 6.07) is 0. The summed E-state index contributed by atoms with van der Waals surface area (Å²) < 4.78 is 0.943. The Balaban J connectivity index is 2.69. The van der Waals surface area contributed by atoms with Crippen molar-refractivity contribution in [1.82, 2.24) is 4.98 Å². The van der Waals surface area contributed by atoms with E-state index in [2.05, 4.69) is 20.9 Å². The number of rotatable bonds is 2. The smallest absolute Gasteiger partial charge is 0.120 e. The van der Waals surface area contributed by atoms with E-state index >= 15 is 0 Å². The van der Waals surface area contributed by atoms with Crippen LogP contribution in [0.25, 0.3) is 0 Å². The van der Waals surface area contributed by atoms with Crippen LogP contribution in [0, 0.1) is 0 Å². The maximum Gasteiger partial charge on any atom is 0.120 e. The fourth-order valence-corrected chi connectivity index (χ4v) is 1.94. The molecule has 0 aliphatic carbocycles. The average molecular weight is 207 g/mol. The second-order valence-electron chi connectivity index (χ2n) is 1.61. The normalized spacial score (nSPS) is 10.0. The highest BCUT2D eigenvalue weighted by Gasteiger charge is 1.99. The minimum atomic E-state index is 0.695. The monoisotopic (exact) mass is 206 g/mol. The highest BCUT2D eigenvalue weighted by molar-refractivity contribution is 9.10. The maximum atomic E-state index is 5.35. The van der Waals surface area contributed by atoms with E-state index in [0.717, 1.165) is 11.0 Å². The van der Waals surface area contributed by atoms with E-state index in [1.165, 1.54) is 4.88 Å². The number of hydrogen-bond donors (Lipinski definition) is 1. The van der Waals surface area contributed by atoms with Gasteiger partial charge in [-0.15, -0.1) is 11.3 Å². The number of hydrogen-bond acceptors (Lipinski definition) is 3. The summed E-state index contributed by atoms with van der Waals surface area (Å²) in [5, 5.41) is 0. The highest BCUT2D eigenvalue weighted by Crippen LogP contribution is 2.18. The van der Waals surface area contributed by atoms with Gasteiger partial charge in [-0.3, -0.25) is 0 Å². The standard InChI is InChI=1S/C5H7BrN2S/c6-5-4(1-2-7)9-3-8-5/h3H,1-2,7H2. The lowest BCUT2D eigenvalue weighted by molar-refractivity contribution is 0.977. The lowest BCUT2D eigenvalue weighted by Crippen LogP contribution is -2.01. The first-order chi connectivity index (χ1) is 4.34. The molecule has 4 heteroatoms. The molecule has 0 unspecified atom stereocenters. The Hall–Kier alpha value is 0.0700. The van der Waals surface area contributed by atoms with E-state index in [-0.39, 0.29) is 0 Å². The van der Waals surface area contributed by atoms with E-state index in [1.54, 1.807) is 11.3 Å². The molecule has 1 aromatic heterocycles. The molecule has 2 nitrogen and oxygen atoms in total.